The van der Waals surface area contributed by atoms with Crippen LogP contribution in [0, 0.1) is 5.41 Å². The molecule has 0 unspecified atom stereocenters. The first-order valence-electron chi connectivity index (χ1n) is 12.8. The van der Waals surface area contributed by atoms with Gasteiger partial charge < -0.3 is 14.2 Å². The van der Waals surface area contributed by atoms with Gasteiger partial charge in [0.1, 0.15) is 19.8 Å². The standard InChI is InChI=1S/C29H36O7S3/c1-2-29(19-34-25(30)12-15-37,20-35-26(31)13-16-38)21-36-27(32)14-17-39-18-22-8-10-24(11-9-22)28(33)23-6-4-3-5-7-23/h3-11,37-38H,2,12-21H2,1H3. The predicted molar refractivity (Wildman–Crippen MR) is 160 cm³/mol. The summed E-state index contributed by atoms with van der Waals surface area (Å²) >= 11 is 9.66. The molecule has 0 aliphatic heterocycles. The number of hydrogen-bond donors (Lipinski definition) is 2. The first-order valence-corrected chi connectivity index (χ1v) is 15.2. The molecule has 0 radical (unpaired) electrons. The molecule has 2 aromatic carbocycles. The third-order valence-electron chi connectivity index (χ3n) is 5.97. The monoisotopic (exact) mass is 592 g/mol. The summed E-state index contributed by atoms with van der Waals surface area (Å²) in [6.45, 7) is 1.76. The van der Waals surface area contributed by atoms with Crippen LogP contribution >= 0.6 is 37.0 Å². The Labute approximate surface area is 245 Å². The zero-order chi connectivity index (χ0) is 28.5. The van der Waals surface area contributed by atoms with Crippen LogP contribution in [0.2, 0.25) is 0 Å². The van der Waals surface area contributed by atoms with E-state index in [4.69, 9.17) is 14.2 Å². The number of rotatable bonds is 18. The SMILES string of the molecule is CCC(COC(=O)CCS)(COC(=O)CCS)COC(=O)CCSCc1ccc(C(=O)c2ccccc2)cc1. The van der Waals surface area contributed by atoms with Gasteiger partial charge in [-0.25, -0.2) is 0 Å². The molecule has 0 heterocycles. The van der Waals surface area contributed by atoms with Crippen LogP contribution in [0.4, 0.5) is 0 Å². The van der Waals surface area contributed by atoms with Gasteiger partial charge in [-0.3, -0.25) is 19.2 Å². The number of carbonyl (C=O) groups is 4. The Hall–Kier alpha value is -2.43. The lowest BCUT2D eigenvalue weighted by atomic mass is 9.88. The highest BCUT2D eigenvalue weighted by Crippen LogP contribution is 2.25. The van der Waals surface area contributed by atoms with Gasteiger partial charge in [0.15, 0.2) is 5.78 Å². The van der Waals surface area contributed by atoms with Crippen LogP contribution in [0.15, 0.2) is 54.6 Å². The molecule has 2 rings (SSSR count). The predicted octanol–water partition coefficient (Wildman–Crippen LogP) is 5.21. The van der Waals surface area contributed by atoms with Crippen molar-refractivity contribution in [3.63, 3.8) is 0 Å². The van der Waals surface area contributed by atoms with E-state index >= 15 is 0 Å². The molecule has 2 aromatic rings. The Kier molecular flexibility index (Phi) is 15.1. The minimum Gasteiger partial charge on any atom is -0.465 e. The van der Waals surface area contributed by atoms with E-state index in [2.05, 4.69) is 25.3 Å². The van der Waals surface area contributed by atoms with Crippen LogP contribution < -0.4 is 0 Å². The summed E-state index contributed by atoms with van der Waals surface area (Å²) in [5.41, 5.74) is 1.50. The highest BCUT2D eigenvalue weighted by Gasteiger charge is 2.34. The molecule has 0 atom stereocenters. The Morgan fingerprint density at radius 3 is 1.69 bits per heavy atom. The van der Waals surface area contributed by atoms with Crippen molar-refractivity contribution in [2.75, 3.05) is 37.1 Å². The van der Waals surface area contributed by atoms with E-state index in [0.29, 0.717) is 40.6 Å². The largest absolute Gasteiger partial charge is 0.465 e. The van der Waals surface area contributed by atoms with Gasteiger partial charge in [-0.2, -0.15) is 37.0 Å². The van der Waals surface area contributed by atoms with Gasteiger partial charge in [0.25, 0.3) is 0 Å². The molecule has 0 N–H and O–H groups in total. The summed E-state index contributed by atoms with van der Waals surface area (Å²) in [4.78, 5) is 48.7. The van der Waals surface area contributed by atoms with Crippen molar-refractivity contribution in [1.82, 2.24) is 0 Å². The maximum absolute atomic E-state index is 12.5. The molecule has 0 amide bonds. The van der Waals surface area contributed by atoms with E-state index in [0.717, 1.165) is 5.56 Å². The van der Waals surface area contributed by atoms with Crippen molar-refractivity contribution in [2.45, 2.75) is 38.4 Å². The molecule has 7 nitrogen and oxygen atoms in total. The molecular formula is C29H36O7S3. The molecule has 0 saturated carbocycles. The third-order valence-corrected chi connectivity index (χ3v) is 7.45. The van der Waals surface area contributed by atoms with Gasteiger partial charge >= 0.3 is 17.9 Å². The molecule has 0 aliphatic rings. The van der Waals surface area contributed by atoms with Gasteiger partial charge in [-0.1, -0.05) is 61.5 Å². The zero-order valence-electron chi connectivity index (χ0n) is 22.1. The molecule has 0 bridgehead atoms. The summed E-state index contributed by atoms with van der Waals surface area (Å²) < 4.78 is 16.2. The van der Waals surface area contributed by atoms with Crippen molar-refractivity contribution >= 4 is 60.7 Å². The summed E-state index contributed by atoms with van der Waals surface area (Å²) in [5.74, 6) is 0.732. The lowest BCUT2D eigenvalue weighted by Crippen LogP contribution is -2.39. The molecular weight excluding hydrogens is 557 g/mol. The number of thioether (sulfide) groups is 1. The van der Waals surface area contributed by atoms with E-state index in [1.807, 2.05) is 49.4 Å². The summed E-state index contributed by atoms with van der Waals surface area (Å²) in [6, 6.07) is 16.6. The zero-order valence-corrected chi connectivity index (χ0v) is 24.7. The van der Waals surface area contributed by atoms with Crippen LogP contribution in [0.3, 0.4) is 0 Å². The van der Waals surface area contributed by atoms with E-state index < -0.39 is 17.4 Å². The van der Waals surface area contributed by atoms with E-state index in [1.165, 1.54) is 0 Å². The quantitative estimate of drug-likeness (QED) is 0.0801. The van der Waals surface area contributed by atoms with Gasteiger partial charge in [0, 0.05) is 34.1 Å². The smallest absolute Gasteiger partial charge is 0.306 e. The first kappa shape index (κ1) is 32.8. The number of ketones is 1. The third kappa shape index (κ3) is 12.1. The average molecular weight is 593 g/mol. The minimum atomic E-state index is -0.833. The molecule has 0 aromatic heterocycles. The number of thiol groups is 2. The first-order chi connectivity index (χ1) is 18.8. The Morgan fingerprint density at radius 2 is 1.21 bits per heavy atom. The van der Waals surface area contributed by atoms with Gasteiger partial charge in [0.05, 0.1) is 24.7 Å². The maximum Gasteiger partial charge on any atom is 0.306 e. The van der Waals surface area contributed by atoms with Gasteiger partial charge in [-0.15, -0.1) is 0 Å². The summed E-state index contributed by atoms with van der Waals surface area (Å²) in [6.07, 6.45) is 0.991. The number of hydrogen-bond acceptors (Lipinski definition) is 10. The number of esters is 3. The van der Waals surface area contributed by atoms with Crippen molar-refractivity contribution in [3.8, 4) is 0 Å². The fraction of sp³-hybridized carbons (Fsp3) is 0.448. The Balaban J connectivity index is 1.81. The second-order valence-corrected chi connectivity index (χ2v) is 11.0. The Bertz CT molecular complexity index is 1040. The molecule has 0 spiro atoms. The fourth-order valence-corrected chi connectivity index (χ4v) is 4.63. The lowest BCUT2D eigenvalue weighted by Gasteiger charge is -2.31. The minimum absolute atomic E-state index is 0.0198. The highest BCUT2D eigenvalue weighted by atomic mass is 32.2. The second kappa shape index (κ2) is 18.0. The Morgan fingerprint density at radius 1 is 0.718 bits per heavy atom. The van der Waals surface area contributed by atoms with Crippen LogP contribution in [0.1, 0.15) is 54.1 Å². The molecule has 212 valence electrons. The van der Waals surface area contributed by atoms with Crippen LogP contribution in [-0.4, -0.2) is 60.8 Å². The van der Waals surface area contributed by atoms with E-state index in [9.17, 15) is 19.2 Å². The van der Waals surface area contributed by atoms with Crippen molar-refractivity contribution in [2.24, 2.45) is 5.41 Å². The van der Waals surface area contributed by atoms with Gasteiger partial charge in [-0.05, 0) is 12.0 Å². The van der Waals surface area contributed by atoms with Crippen molar-refractivity contribution < 1.29 is 33.4 Å². The highest BCUT2D eigenvalue weighted by molar-refractivity contribution is 7.98. The number of ether oxygens (including phenoxy) is 3. The average Bonchev–Trinajstić information content (AvgIpc) is 2.96. The van der Waals surface area contributed by atoms with Crippen molar-refractivity contribution in [1.29, 1.82) is 0 Å². The summed E-state index contributed by atoms with van der Waals surface area (Å²) in [5, 5.41) is 0. The molecule has 39 heavy (non-hydrogen) atoms. The fourth-order valence-electron chi connectivity index (χ4n) is 3.39. The topological polar surface area (TPSA) is 96.0 Å². The molecule has 10 heteroatoms. The van der Waals surface area contributed by atoms with E-state index in [1.54, 1.807) is 23.9 Å². The van der Waals surface area contributed by atoms with Crippen LogP contribution in [0.25, 0.3) is 0 Å². The summed E-state index contributed by atoms with van der Waals surface area (Å²) in [7, 11) is 0. The second-order valence-electron chi connectivity index (χ2n) is 8.98. The normalized spacial score (nSPS) is 11.1. The van der Waals surface area contributed by atoms with Crippen LogP contribution in [0.5, 0.6) is 0 Å². The number of benzene rings is 2. The maximum atomic E-state index is 12.5. The lowest BCUT2D eigenvalue weighted by molar-refractivity contribution is -0.161. The molecule has 0 fully saturated rings. The molecule has 0 saturated heterocycles. The van der Waals surface area contributed by atoms with Gasteiger partial charge in [0.2, 0.25) is 0 Å². The van der Waals surface area contributed by atoms with E-state index in [-0.39, 0.29) is 50.8 Å². The van der Waals surface area contributed by atoms with Crippen molar-refractivity contribution in [3.05, 3.63) is 71.3 Å². The number of carbonyl (C=O) groups excluding carboxylic acids is 4. The molecule has 0 aliphatic carbocycles. The van der Waals surface area contributed by atoms with Crippen LogP contribution in [-0.2, 0) is 34.3 Å².